The summed E-state index contributed by atoms with van der Waals surface area (Å²) in [6.45, 7) is 0. The molecule has 0 bridgehead atoms. The molecule has 8 heteroatoms. The van der Waals surface area contributed by atoms with Crippen LogP contribution in [0.3, 0.4) is 0 Å². The van der Waals surface area contributed by atoms with Crippen molar-refractivity contribution < 1.29 is 27.0 Å². The molecule has 0 saturated heterocycles. The zero-order chi connectivity index (χ0) is 12.1. The molecule has 0 spiro atoms. The number of carbonyl (C=O) groups excluding carboxylic acids is 2. The maximum atomic E-state index is 11.7. The first-order chi connectivity index (χ1) is 6.80. The molecule has 0 aliphatic carbocycles. The molecule has 2 atom stereocenters. The Balaban J connectivity index is 4.26. The molecule has 0 N–H and O–H groups in total. The monoisotopic (exact) mass is 241 g/mol. The zero-order valence-corrected chi connectivity index (χ0v) is 8.10. The SMILES string of the molecule is N#CC(C=O)C(=O)CS(=O)CC(F)(F)F. The van der Waals surface area contributed by atoms with E-state index in [1.807, 2.05) is 0 Å². The molecule has 0 rings (SSSR count). The van der Waals surface area contributed by atoms with E-state index in [0.717, 1.165) is 0 Å². The van der Waals surface area contributed by atoms with E-state index < -0.39 is 40.2 Å². The smallest absolute Gasteiger partial charge is 0.301 e. The number of hydrogen-bond donors (Lipinski definition) is 0. The minimum atomic E-state index is -4.63. The minimum absolute atomic E-state index is 0.00707. The van der Waals surface area contributed by atoms with Gasteiger partial charge in [0, 0.05) is 10.8 Å². The Hall–Kier alpha value is -1.23. The number of nitriles is 1. The first-order valence-corrected chi connectivity index (χ1v) is 5.08. The Morgan fingerprint density at radius 2 is 2.07 bits per heavy atom. The van der Waals surface area contributed by atoms with Crippen LogP contribution in [0.5, 0.6) is 0 Å². The molecule has 2 unspecified atom stereocenters. The summed E-state index contributed by atoms with van der Waals surface area (Å²) in [5, 5.41) is 8.22. The summed E-state index contributed by atoms with van der Waals surface area (Å²) in [4.78, 5) is 21.0. The zero-order valence-electron chi connectivity index (χ0n) is 7.28. The molecular formula is C7H6F3NO3S. The van der Waals surface area contributed by atoms with Gasteiger partial charge in [0.15, 0.2) is 11.7 Å². The van der Waals surface area contributed by atoms with Crippen molar-refractivity contribution >= 4 is 22.9 Å². The van der Waals surface area contributed by atoms with E-state index in [1.165, 1.54) is 6.07 Å². The standard InChI is InChI=1S/C7H6F3NO3S/c8-7(9,10)4-15(14)3-6(13)5(1-11)2-12/h2,5H,3-4H2. The third-order valence-electron chi connectivity index (χ3n) is 1.25. The van der Waals surface area contributed by atoms with Crippen LogP contribution < -0.4 is 0 Å². The summed E-state index contributed by atoms with van der Waals surface area (Å²) >= 11 is 0. The van der Waals surface area contributed by atoms with E-state index >= 15 is 0 Å². The molecule has 0 saturated carbocycles. The highest BCUT2D eigenvalue weighted by atomic mass is 32.2. The maximum Gasteiger partial charge on any atom is 0.400 e. The van der Waals surface area contributed by atoms with Crippen molar-refractivity contribution in [1.29, 1.82) is 5.26 Å². The van der Waals surface area contributed by atoms with Crippen LogP contribution in [0, 0.1) is 17.2 Å². The molecule has 0 aliphatic heterocycles. The summed E-state index contributed by atoms with van der Waals surface area (Å²) in [7, 11) is -2.43. The Morgan fingerprint density at radius 1 is 1.53 bits per heavy atom. The summed E-state index contributed by atoms with van der Waals surface area (Å²) in [5.74, 6) is -5.25. The Morgan fingerprint density at radius 3 is 2.40 bits per heavy atom. The van der Waals surface area contributed by atoms with Gasteiger partial charge in [0.25, 0.3) is 0 Å². The lowest BCUT2D eigenvalue weighted by Crippen LogP contribution is -2.26. The number of alkyl halides is 3. The fraction of sp³-hybridized carbons (Fsp3) is 0.571. The number of aldehydes is 1. The van der Waals surface area contributed by atoms with Gasteiger partial charge in [-0.3, -0.25) is 9.00 Å². The van der Waals surface area contributed by atoms with Crippen molar-refractivity contribution in [3.05, 3.63) is 0 Å². The normalized spacial score (nSPS) is 15.1. The number of nitrogens with zero attached hydrogens (tertiary/aromatic N) is 1. The molecule has 0 aliphatic rings. The van der Waals surface area contributed by atoms with Gasteiger partial charge in [-0.25, -0.2) is 0 Å². The third-order valence-corrected chi connectivity index (χ3v) is 2.51. The van der Waals surface area contributed by atoms with Crippen molar-refractivity contribution in [1.82, 2.24) is 0 Å². The average molecular weight is 241 g/mol. The molecule has 15 heavy (non-hydrogen) atoms. The van der Waals surface area contributed by atoms with E-state index in [-0.39, 0.29) is 6.29 Å². The van der Waals surface area contributed by atoms with Crippen LogP contribution in [0.4, 0.5) is 13.2 Å². The van der Waals surface area contributed by atoms with Gasteiger partial charge in [-0.2, -0.15) is 18.4 Å². The van der Waals surface area contributed by atoms with Crippen molar-refractivity contribution in [3.8, 4) is 6.07 Å². The number of ketones is 1. The molecule has 0 aromatic heterocycles. The molecule has 0 heterocycles. The summed E-state index contributed by atoms with van der Waals surface area (Å²) in [6, 6.07) is 1.29. The molecular weight excluding hydrogens is 235 g/mol. The van der Waals surface area contributed by atoms with Gasteiger partial charge in [0.05, 0.1) is 11.8 Å². The quantitative estimate of drug-likeness (QED) is 0.509. The molecule has 4 nitrogen and oxygen atoms in total. The van der Waals surface area contributed by atoms with Crippen LogP contribution in [0.2, 0.25) is 0 Å². The van der Waals surface area contributed by atoms with Gasteiger partial charge in [0.1, 0.15) is 12.0 Å². The fourth-order valence-electron chi connectivity index (χ4n) is 0.660. The van der Waals surface area contributed by atoms with Gasteiger partial charge in [0.2, 0.25) is 0 Å². The lowest BCUT2D eigenvalue weighted by Gasteiger charge is -2.05. The topological polar surface area (TPSA) is 75.0 Å². The van der Waals surface area contributed by atoms with Crippen LogP contribution in [0.25, 0.3) is 0 Å². The van der Waals surface area contributed by atoms with E-state index in [0.29, 0.717) is 0 Å². The first-order valence-electron chi connectivity index (χ1n) is 3.59. The molecule has 0 fully saturated rings. The van der Waals surface area contributed by atoms with Crippen LogP contribution in [-0.2, 0) is 20.4 Å². The highest BCUT2D eigenvalue weighted by Gasteiger charge is 2.32. The van der Waals surface area contributed by atoms with Crippen LogP contribution in [0.1, 0.15) is 0 Å². The summed E-state index contributed by atoms with van der Waals surface area (Å²) in [6.07, 6.45) is -4.62. The second kappa shape index (κ2) is 5.60. The number of rotatable bonds is 5. The van der Waals surface area contributed by atoms with E-state index in [1.54, 1.807) is 0 Å². The third kappa shape index (κ3) is 5.96. The van der Waals surface area contributed by atoms with Gasteiger partial charge in [-0.1, -0.05) is 0 Å². The van der Waals surface area contributed by atoms with Crippen LogP contribution in [-0.4, -0.2) is 34.0 Å². The predicted octanol–water partition coefficient (Wildman–Crippen LogP) is 0.205. The molecule has 0 radical (unpaired) electrons. The Labute approximate surface area is 85.5 Å². The summed E-state index contributed by atoms with van der Waals surface area (Å²) in [5.41, 5.74) is 0. The molecule has 84 valence electrons. The molecule has 0 amide bonds. The number of Topliss-reactive ketones (excluding diaryl/α,β-unsaturated/α-hetero) is 1. The van der Waals surface area contributed by atoms with Crippen LogP contribution >= 0.6 is 0 Å². The largest absolute Gasteiger partial charge is 0.400 e. The highest BCUT2D eigenvalue weighted by Crippen LogP contribution is 2.16. The number of carbonyl (C=O) groups is 2. The maximum absolute atomic E-state index is 11.7. The van der Waals surface area contributed by atoms with Crippen molar-refractivity contribution in [2.75, 3.05) is 11.5 Å². The summed E-state index contributed by atoms with van der Waals surface area (Å²) < 4.78 is 45.8. The van der Waals surface area contributed by atoms with Gasteiger partial charge < -0.3 is 4.79 Å². The number of hydrogen-bond acceptors (Lipinski definition) is 4. The lowest BCUT2D eigenvalue weighted by atomic mass is 10.1. The van der Waals surface area contributed by atoms with E-state index in [2.05, 4.69) is 0 Å². The lowest BCUT2D eigenvalue weighted by molar-refractivity contribution is -0.123. The van der Waals surface area contributed by atoms with Crippen LogP contribution in [0.15, 0.2) is 0 Å². The second-order valence-corrected chi connectivity index (χ2v) is 4.01. The van der Waals surface area contributed by atoms with Gasteiger partial charge in [-0.15, -0.1) is 0 Å². The first kappa shape index (κ1) is 13.8. The van der Waals surface area contributed by atoms with E-state index in [9.17, 15) is 27.0 Å². The highest BCUT2D eigenvalue weighted by molar-refractivity contribution is 7.85. The predicted molar refractivity (Wildman–Crippen MR) is 44.1 cm³/mol. The van der Waals surface area contributed by atoms with Crippen molar-refractivity contribution in [2.24, 2.45) is 5.92 Å². The van der Waals surface area contributed by atoms with Crippen molar-refractivity contribution in [2.45, 2.75) is 6.18 Å². The molecule has 0 aromatic rings. The fourth-order valence-corrected chi connectivity index (χ4v) is 1.62. The molecule has 0 aromatic carbocycles. The Kier molecular flexibility index (Phi) is 5.14. The van der Waals surface area contributed by atoms with Crippen molar-refractivity contribution in [3.63, 3.8) is 0 Å². The average Bonchev–Trinajstić information content (AvgIpc) is 2.02. The van der Waals surface area contributed by atoms with E-state index in [4.69, 9.17) is 5.26 Å². The Bertz CT molecular complexity index is 320. The van der Waals surface area contributed by atoms with Gasteiger partial charge in [-0.05, 0) is 0 Å². The second-order valence-electron chi connectivity index (χ2n) is 2.55. The number of halogens is 3. The minimum Gasteiger partial charge on any atom is -0.301 e. The van der Waals surface area contributed by atoms with Gasteiger partial charge >= 0.3 is 6.18 Å².